The summed E-state index contributed by atoms with van der Waals surface area (Å²) in [5.41, 5.74) is 9.86. The molecule has 31 heavy (non-hydrogen) atoms. The van der Waals surface area contributed by atoms with E-state index in [1.807, 2.05) is 0 Å². The van der Waals surface area contributed by atoms with Crippen molar-refractivity contribution >= 4 is 35.0 Å². The fourth-order valence-corrected chi connectivity index (χ4v) is 3.13. The molecule has 170 valence electrons. The van der Waals surface area contributed by atoms with Gasteiger partial charge in [0.1, 0.15) is 11.4 Å². The molecule has 0 spiro atoms. The van der Waals surface area contributed by atoms with E-state index in [9.17, 15) is 19.1 Å². The van der Waals surface area contributed by atoms with E-state index in [0.717, 1.165) is 6.07 Å². The Hall–Kier alpha value is -2.65. The quantitative estimate of drug-likeness (QED) is 0.601. The van der Waals surface area contributed by atoms with Crippen LogP contribution >= 0.6 is 11.6 Å². The number of carbonyl (C=O) groups is 2. The Labute approximate surface area is 185 Å². The molecule has 0 aliphatic carbocycles. The molecule has 2 amide bonds. The topological polar surface area (TPSA) is 131 Å². The third kappa shape index (κ3) is 6.18. The molecule has 1 unspecified atom stereocenters. The highest BCUT2D eigenvalue weighted by Gasteiger charge is 2.37. The van der Waals surface area contributed by atoms with Crippen LogP contribution in [-0.2, 0) is 9.53 Å². The summed E-state index contributed by atoms with van der Waals surface area (Å²) in [5, 5.41) is 10.3. The van der Waals surface area contributed by atoms with E-state index in [0.29, 0.717) is 0 Å². The molecule has 10 heteroatoms. The molecule has 0 saturated heterocycles. The van der Waals surface area contributed by atoms with Crippen LogP contribution in [0.25, 0.3) is 5.70 Å². The van der Waals surface area contributed by atoms with Gasteiger partial charge in [0, 0.05) is 6.54 Å². The number of halogens is 2. The lowest BCUT2D eigenvalue weighted by Crippen LogP contribution is -2.53. The Morgan fingerprint density at radius 3 is 2.35 bits per heavy atom. The monoisotopic (exact) mass is 454 g/mol. The molecule has 1 atom stereocenters. The number of primary amides is 1. The Morgan fingerprint density at radius 2 is 1.87 bits per heavy atom. The average Bonchev–Trinajstić information content (AvgIpc) is 2.61. The van der Waals surface area contributed by atoms with Crippen molar-refractivity contribution in [3.05, 3.63) is 40.2 Å². The average molecular weight is 455 g/mol. The van der Waals surface area contributed by atoms with E-state index >= 15 is 0 Å². The van der Waals surface area contributed by atoms with Crippen LogP contribution in [0.2, 0.25) is 5.02 Å². The number of aliphatic hydroxyl groups is 1. The predicted molar refractivity (Wildman–Crippen MR) is 117 cm³/mol. The first kappa shape index (κ1) is 24.6. The van der Waals surface area contributed by atoms with E-state index in [1.165, 1.54) is 30.9 Å². The number of aliphatic imine (C=N–C) groups is 1. The Bertz CT molecular complexity index is 948. The number of nitrogens with zero attached hydrogens (tertiary/aromatic N) is 2. The van der Waals surface area contributed by atoms with E-state index in [4.69, 9.17) is 27.8 Å². The van der Waals surface area contributed by atoms with Crippen molar-refractivity contribution in [1.29, 1.82) is 0 Å². The van der Waals surface area contributed by atoms with Gasteiger partial charge in [-0.3, -0.25) is 9.79 Å². The third-order valence-corrected chi connectivity index (χ3v) is 4.84. The highest BCUT2D eigenvalue weighted by Crippen LogP contribution is 2.26. The van der Waals surface area contributed by atoms with E-state index in [-0.39, 0.29) is 40.7 Å². The molecule has 1 aliphatic heterocycles. The van der Waals surface area contributed by atoms with Crippen molar-refractivity contribution in [2.45, 2.75) is 51.9 Å². The smallest absolute Gasteiger partial charge is 0.410 e. The largest absolute Gasteiger partial charge is 0.444 e. The highest BCUT2D eigenvalue weighted by atomic mass is 35.5. The fraction of sp³-hybridized carbons (Fsp3) is 0.476. The van der Waals surface area contributed by atoms with Crippen molar-refractivity contribution in [2.24, 2.45) is 16.5 Å². The molecule has 0 fully saturated rings. The molecule has 1 aliphatic rings. The van der Waals surface area contributed by atoms with Crippen LogP contribution in [0.5, 0.6) is 0 Å². The molecule has 1 aromatic rings. The van der Waals surface area contributed by atoms with Crippen LogP contribution < -0.4 is 11.5 Å². The lowest BCUT2D eigenvalue weighted by Gasteiger charge is -2.37. The molecular weight excluding hydrogens is 427 g/mol. The number of amides is 2. The second-order valence-corrected chi connectivity index (χ2v) is 9.30. The number of hydrogen-bond acceptors (Lipinski definition) is 6. The van der Waals surface area contributed by atoms with Crippen LogP contribution in [0.3, 0.4) is 0 Å². The third-order valence-electron chi connectivity index (χ3n) is 4.55. The van der Waals surface area contributed by atoms with E-state index < -0.39 is 35.1 Å². The van der Waals surface area contributed by atoms with E-state index in [2.05, 4.69) is 4.99 Å². The number of rotatable bonds is 4. The summed E-state index contributed by atoms with van der Waals surface area (Å²) >= 11 is 5.84. The number of nitrogens with two attached hydrogens (primary N) is 2. The molecule has 1 aromatic carbocycles. The zero-order valence-corrected chi connectivity index (χ0v) is 19.0. The predicted octanol–water partition coefficient (Wildman–Crippen LogP) is 2.47. The lowest BCUT2D eigenvalue weighted by molar-refractivity contribution is -0.114. The molecule has 2 rings (SSSR count). The summed E-state index contributed by atoms with van der Waals surface area (Å²) in [7, 11) is 0. The second-order valence-electron chi connectivity index (χ2n) is 8.89. The van der Waals surface area contributed by atoms with Crippen LogP contribution in [0.4, 0.5) is 9.18 Å². The zero-order chi connectivity index (χ0) is 23.7. The van der Waals surface area contributed by atoms with Gasteiger partial charge in [-0.15, -0.1) is 0 Å². The van der Waals surface area contributed by atoms with Gasteiger partial charge in [0.25, 0.3) is 5.91 Å². The van der Waals surface area contributed by atoms with Crippen molar-refractivity contribution in [2.75, 3.05) is 13.1 Å². The van der Waals surface area contributed by atoms with Gasteiger partial charge in [0.15, 0.2) is 0 Å². The summed E-state index contributed by atoms with van der Waals surface area (Å²) in [6.07, 6.45) is -0.638. The molecule has 1 heterocycles. The van der Waals surface area contributed by atoms with Gasteiger partial charge >= 0.3 is 6.09 Å². The normalized spacial score (nSPS) is 18.3. The van der Waals surface area contributed by atoms with Gasteiger partial charge in [-0.05, 0) is 58.4 Å². The van der Waals surface area contributed by atoms with Crippen molar-refractivity contribution in [3.63, 3.8) is 0 Å². The molecular formula is C21H28ClFN4O4. The van der Waals surface area contributed by atoms with E-state index in [1.54, 1.807) is 20.8 Å². The number of ether oxygens (including phenoxy) is 1. The maximum Gasteiger partial charge on any atom is 0.410 e. The first-order valence-electron chi connectivity index (χ1n) is 9.62. The molecule has 0 saturated carbocycles. The summed E-state index contributed by atoms with van der Waals surface area (Å²) in [6.45, 7) is 8.20. The van der Waals surface area contributed by atoms with Gasteiger partial charge in [-0.25, -0.2) is 9.18 Å². The van der Waals surface area contributed by atoms with Crippen molar-refractivity contribution in [1.82, 2.24) is 4.90 Å². The van der Waals surface area contributed by atoms with Crippen molar-refractivity contribution < 1.29 is 23.8 Å². The summed E-state index contributed by atoms with van der Waals surface area (Å²) in [5.74, 6) is -1.54. The summed E-state index contributed by atoms with van der Waals surface area (Å²) in [6, 6.07) is 2.95. The zero-order valence-electron chi connectivity index (χ0n) is 18.2. The molecule has 8 nitrogen and oxygen atoms in total. The minimum Gasteiger partial charge on any atom is -0.444 e. The maximum atomic E-state index is 13.5. The van der Waals surface area contributed by atoms with Crippen LogP contribution in [0.1, 0.15) is 40.2 Å². The van der Waals surface area contributed by atoms with Gasteiger partial charge in [-0.1, -0.05) is 11.6 Å². The Balaban J connectivity index is 2.57. The van der Waals surface area contributed by atoms with Gasteiger partial charge in [0.05, 0.1) is 40.2 Å². The van der Waals surface area contributed by atoms with Crippen LogP contribution in [0.15, 0.2) is 28.8 Å². The lowest BCUT2D eigenvalue weighted by atomic mass is 9.94. The fourth-order valence-electron chi connectivity index (χ4n) is 2.95. The van der Waals surface area contributed by atoms with Gasteiger partial charge in [-0.2, -0.15) is 0 Å². The Morgan fingerprint density at radius 1 is 1.26 bits per heavy atom. The first-order chi connectivity index (χ1) is 14.1. The summed E-state index contributed by atoms with van der Waals surface area (Å²) in [4.78, 5) is 30.8. The Kier molecular flexibility index (Phi) is 7.02. The minimum atomic E-state index is -1.32. The number of hydrogen-bond donors (Lipinski definition) is 3. The van der Waals surface area contributed by atoms with Crippen molar-refractivity contribution in [3.8, 4) is 0 Å². The second kappa shape index (κ2) is 8.84. The first-order valence-corrected chi connectivity index (χ1v) is 10.00. The van der Waals surface area contributed by atoms with Crippen LogP contribution in [-0.4, -0.2) is 58.1 Å². The highest BCUT2D eigenvalue weighted by molar-refractivity contribution is 6.31. The molecule has 0 radical (unpaired) electrons. The number of benzene rings is 1. The number of carbonyl (C=O) groups excluding carboxylic acids is 2. The van der Waals surface area contributed by atoms with Gasteiger partial charge in [0.2, 0.25) is 0 Å². The standard InChI is InChI=1S/C21H28ClFN4O4/c1-20(2,3)31-19(29)27-9-14(26-15(10-27)21(4,5)30)16(18(25)28)17(24)11-6-7-13(23)12(22)8-11/h6-8,15,30H,9-10,24H2,1-5H3,(H2,25,28). The van der Waals surface area contributed by atoms with Gasteiger partial charge < -0.3 is 26.2 Å². The minimum absolute atomic E-state index is 0.0657. The molecule has 5 N–H and O–H groups in total. The summed E-state index contributed by atoms with van der Waals surface area (Å²) < 4.78 is 19.0. The maximum absolute atomic E-state index is 13.5. The molecule has 0 aromatic heterocycles. The molecule has 0 bridgehead atoms. The SMILES string of the molecule is CC(C)(C)OC(=O)N1CC(C(C(N)=O)=C(N)c2ccc(F)c(Cl)c2)=NC(C(C)(C)O)C1. The van der Waals surface area contributed by atoms with Crippen LogP contribution in [0, 0.1) is 5.82 Å².